The molecule has 0 spiro atoms. The molecule has 1 unspecified atom stereocenters. The second kappa shape index (κ2) is 7.55. The van der Waals surface area contributed by atoms with Crippen LogP contribution in [0, 0.1) is 5.82 Å². The molecule has 115 valence electrons. The predicted molar refractivity (Wildman–Crippen MR) is 82.0 cm³/mol. The molecule has 1 radical (unpaired) electrons. The Hall–Kier alpha value is -1.42. The molecule has 1 aromatic rings. The first-order chi connectivity index (χ1) is 10.1. The highest BCUT2D eigenvalue weighted by molar-refractivity contribution is 5.49. The fraction of sp³-hybridized carbons (Fsp3) is 0.588. The summed E-state index contributed by atoms with van der Waals surface area (Å²) in [6.07, 6.45) is 6.46. The van der Waals surface area contributed by atoms with Gasteiger partial charge in [0, 0.05) is 19.1 Å². The van der Waals surface area contributed by atoms with E-state index in [1.807, 2.05) is 26.0 Å². The number of likely N-dealkylation sites (tertiary alicyclic amines) is 1. The molecule has 0 aromatic heterocycles. The summed E-state index contributed by atoms with van der Waals surface area (Å²) in [6, 6.07) is 6.84. The van der Waals surface area contributed by atoms with E-state index in [4.69, 9.17) is 0 Å². The Balaban J connectivity index is 1.98. The number of amides is 1. The Kier molecular flexibility index (Phi) is 5.74. The van der Waals surface area contributed by atoms with Gasteiger partial charge in [0.05, 0.1) is 6.17 Å². The summed E-state index contributed by atoms with van der Waals surface area (Å²) in [5.74, 6) is -0.198. The van der Waals surface area contributed by atoms with Crippen molar-refractivity contribution < 1.29 is 9.18 Å². The van der Waals surface area contributed by atoms with Crippen molar-refractivity contribution in [1.82, 2.24) is 9.80 Å². The number of benzene rings is 1. The maximum absolute atomic E-state index is 12.9. The maximum Gasteiger partial charge on any atom is 0.313 e. The van der Waals surface area contributed by atoms with Gasteiger partial charge >= 0.3 is 6.41 Å². The van der Waals surface area contributed by atoms with Gasteiger partial charge in [0.2, 0.25) is 0 Å². The molecular weight excluding hydrogens is 267 g/mol. The van der Waals surface area contributed by atoms with Gasteiger partial charge in [0.25, 0.3) is 0 Å². The van der Waals surface area contributed by atoms with Crippen LogP contribution in [0.5, 0.6) is 0 Å². The van der Waals surface area contributed by atoms with Crippen LogP contribution in [-0.4, -0.2) is 41.5 Å². The number of halogens is 1. The number of hydrogen-bond donors (Lipinski definition) is 0. The molecule has 1 aromatic carbocycles. The first-order valence-electron chi connectivity index (χ1n) is 7.76. The van der Waals surface area contributed by atoms with E-state index in [0.29, 0.717) is 0 Å². The van der Waals surface area contributed by atoms with Gasteiger partial charge in [-0.05, 0) is 57.2 Å². The van der Waals surface area contributed by atoms with Gasteiger partial charge in [-0.1, -0.05) is 12.1 Å². The second-order valence-electron chi connectivity index (χ2n) is 5.98. The number of nitrogens with zero attached hydrogens (tertiary/aromatic N) is 2. The van der Waals surface area contributed by atoms with Gasteiger partial charge in [0.1, 0.15) is 5.82 Å². The molecular formula is C17H24FN2O. The summed E-state index contributed by atoms with van der Waals surface area (Å²) in [6.45, 7) is 5.95. The van der Waals surface area contributed by atoms with E-state index >= 15 is 0 Å². The standard InChI is InChI=1S/C17H24FN2O/c1-14(2)20(13-21)17-5-3-4-11-19(17)12-10-15-6-8-16(18)9-7-15/h6-9,14,17H,3-5,10-12H2,1-2H3. The third-order valence-electron chi connectivity index (χ3n) is 4.16. The van der Waals surface area contributed by atoms with E-state index in [2.05, 4.69) is 11.3 Å². The largest absolute Gasteiger partial charge is 0.316 e. The molecule has 0 N–H and O–H groups in total. The van der Waals surface area contributed by atoms with E-state index in [1.54, 1.807) is 4.90 Å². The number of rotatable bonds is 6. The minimum absolute atomic E-state index is 0.150. The zero-order chi connectivity index (χ0) is 15.2. The Morgan fingerprint density at radius 1 is 1.33 bits per heavy atom. The molecule has 4 heteroatoms. The third kappa shape index (κ3) is 4.27. The van der Waals surface area contributed by atoms with Crippen molar-refractivity contribution >= 4 is 6.41 Å². The third-order valence-corrected chi connectivity index (χ3v) is 4.16. The molecule has 1 saturated heterocycles. The van der Waals surface area contributed by atoms with Gasteiger partial charge in [-0.15, -0.1) is 0 Å². The Labute approximate surface area is 126 Å². The Morgan fingerprint density at radius 3 is 2.67 bits per heavy atom. The van der Waals surface area contributed by atoms with Crippen LogP contribution in [0.2, 0.25) is 0 Å². The van der Waals surface area contributed by atoms with Crippen LogP contribution in [-0.2, 0) is 11.2 Å². The van der Waals surface area contributed by atoms with Crippen LogP contribution in [0.3, 0.4) is 0 Å². The summed E-state index contributed by atoms with van der Waals surface area (Å²) in [5.41, 5.74) is 1.13. The van der Waals surface area contributed by atoms with E-state index < -0.39 is 0 Å². The molecule has 1 amide bonds. The van der Waals surface area contributed by atoms with Gasteiger partial charge < -0.3 is 4.90 Å². The highest BCUT2D eigenvalue weighted by Gasteiger charge is 2.28. The van der Waals surface area contributed by atoms with Crippen molar-refractivity contribution in [2.45, 2.75) is 51.7 Å². The number of hydrogen-bond acceptors (Lipinski definition) is 2. The number of carbonyl (C=O) groups excluding carboxylic acids is 1. The molecule has 1 atom stereocenters. The van der Waals surface area contributed by atoms with Crippen LogP contribution < -0.4 is 0 Å². The minimum atomic E-state index is -0.198. The lowest BCUT2D eigenvalue weighted by molar-refractivity contribution is 0.0401. The maximum atomic E-state index is 12.9. The molecule has 0 saturated carbocycles. The summed E-state index contributed by atoms with van der Waals surface area (Å²) in [7, 11) is 0. The average Bonchev–Trinajstić information content (AvgIpc) is 2.48. The fourth-order valence-corrected chi connectivity index (χ4v) is 2.98. The zero-order valence-electron chi connectivity index (χ0n) is 12.9. The SMILES string of the molecule is CC(C)N([C]=O)C1CCCCN1CCc1ccc(F)cc1. The molecule has 1 aliphatic heterocycles. The predicted octanol–water partition coefficient (Wildman–Crippen LogP) is 2.96. The molecule has 1 heterocycles. The Morgan fingerprint density at radius 2 is 2.05 bits per heavy atom. The first kappa shape index (κ1) is 16.0. The van der Waals surface area contributed by atoms with Crippen molar-refractivity contribution in [3.05, 3.63) is 35.6 Å². The Bertz CT molecular complexity index is 447. The molecule has 0 aliphatic carbocycles. The highest BCUT2D eigenvalue weighted by atomic mass is 19.1. The van der Waals surface area contributed by atoms with Crippen LogP contribution >= 0.6 is 0 Å². The van der Waals surface area contributed by atoms with Gasteiger partial charge in [0.15, 0.2) is 0 Å². The molecule has 1 aliphatic rings. The quantitative estimate of drug-likeness (QED) is 0.752. The van der Waals surface area contributed by atoms with E-state index in [-0.39, 0.29) is 18.0 Å². The van der Waals surface area contributed by atoms with E-state index in [0.717, 1.165) is 37.9 Å². The highest BCUT2D eigenvalue weighted by Crippen LogP contribution is 2.21. The summed E-state index contributed by atoms with van der Waals surface area (Å²) < 4.78 is 12.9. The van der Waals surface area contributed by atoms with Crippen molar-refractivity contribution in [2.75, 3.05) is 13.1 Å². The number of piperidine rings is 1. The molecule has 21 heavy (non-hydrogen) atoms. The van der Waals surface area contributed by atoms with Crippen molar-refractivity contribution in [1.29, 1.82) is 0 Å². The fourth-order valence-electron chi connectivity index (χ4n) is 2.98. The molecule has 2 rings (SSSR count). The van der Waals surface area contributed by atoms with Crippen molar-refractivity contribution in [3.63, 3.8) is 0 Å². The average molecular weight is 291 g/mol. The van der Waals surface area contributed by atoms with Gasteiger partial charge in [-0.2, -0.15) is 0 Å². The zero-order valence-corrected chi connectivity index (χ0v) is 12.9. The molecule has 1 fully saturated rings. The van der Waals surface area contributed by atoms with E-state index in [1.165, 1.54) is 18.6 Å². The lowest BCUT2D eigenvalue weighted by Gasteiger charge is -2.42. The first-order valence-corrected chi connectivity index (χ1v) is 7.76. The van der Waals surface area contributed by atoms with Crippen LogP contribution in [0.1, 0.15) is 38.7 Å². The topological polar surface area (TPSA) is 23.6 Å². The summed E-state index contributed by atoms with van der Waals surface area (Å²) in [4.78, 5) is 15.4. The van der Waals surface area contributed by atoms with Crippen LogP contribution in [0.4, 0.5) is 4.39 Å². The second-order valence-corrected chi connectivity index (χ2v) is 5.98. The van der Waals surface area contributed by atoms with E-state index in [9.17, 15) is 9.18 Å². The smallest absolute Gasteiger partial charge is 0.313 e. The monoisotopic (exact) mass is 291 g/mol. The van der Waals surface area contributed by atoms with Gasteiger partial charge in [-0.3, -0.25) is 9.69 Å². The van der Waals surface area contributed by atoms with Crippen LogP contribution in [0.25, 0.3) is 0 Å². The molecule has 0 bridgehead atoms. The lowest BCUT2D eigenvalue weighted by atomic mass is 10.0. The van der Waals surface area contributed by atoms with Crippen LogP contribution in [0.15, 0.2) is 24.3 Å². The normalized spacial score (nSPS) is 19.7. The summed E-state index contributed by atoms with van der Waals surface area (Å²) >= 11 is 0. The summed E-state index contributed by atoms with van der Waals surface area (Å²) in [5, 5.41) is 0. The minimum Gasteiger partial charge on any atom is -0.316 e. The van der Waals surface area contributed by atoms with Gasteiger partial charge in [-0.25, -0.2) is 4.39 Å². The molecule has 3 nitrogen and oxygen atoms in total. The van der Waals surface area contributed by atoms with Crippen molar-refractivity contribution in [3.8, 4) is 0 Å². The van der Waals surface area contributed by atoms with Crippen molar-refractivity contribution in [2.24, 2.45) is 0 Å². The lowest BCUT2D eigenvalue weighted by Crippen LogP contribution is -2.53.